The van der Waals surface area contributed by atoms with E-state index in [-0.39, 0.29) is 30.5 Å². The SMILES string of the molecule is Cc1cnc(C(=O)NCCC(=O)NCC(C)C)cn1. The second kappa shape index (κ2) is 7.45. The van der Waals surface area contributed by atoms with Gasteiger partial charge in [-0.3, -0.25) is 14.6 Å². The van der Waals surface area contributed by atoms with Crippen molar-refractivity contribution >= 4 is 11.8 Å². The number of aromatic nitrogens is 2. The van der Waals surface area contributed by atoms with Crippen LogP contribution in [0, 0.1) is 12.8 Å². The molecule has 0 aliphatic carbocycles. The molecule has 104 valence electrons. The summed E-state index contributed by atoms with van der Waals surface area (Å²) >= 11 is 0. The molecule has 1 aromatic rings. The predicted octanol–water partition coefficient (Wildman–Crippen LogP) is 0.677. The topological polar surface area (TPSA) is 84.0 Å². The van der Waals surface area contributed by atoms with Gasteiger partial charge in [-0.05, 0) is 12.8 Å². The van der Waals surface area contributed by atoms with Crippen LogP contribution in [0.4, 0.5) is 0 Å². The van der Waals surface area contributed by atoms with Gasteiger partial charge >= 0.3 is 0 Å². The Balaban J connectivity index is 2.27. The van der Waals surface area contributed by atoms with Gasteiger partial charge in [0.2, 0.25) is 5.91 Å². The van der Waals surface area contributed by atoms with Crippen molar-refractivity contribution < 1.29 is 9.59 Å². The summed E-state index contributed by atoms with van der Waals surface area (Å²) in [5.41, 5.74) is 1.01. The standard InChI is InChI=1S/C13H20N4O2/c1-9(2)6-17-12(18)4-5-14-13(19)11-8-15-10(3)7-16-11/h7-9H,4-6H2,1-3H3,(H,14,19)(H,17,18). The molecule has 0 spiro atoms. The normalized spacial score (nSPS) is 10.3. The molecule has 1 aromatic heterocycles. The van der Waals surface area contributed by atoms with E-state index in [0.717, 1.165) is 5.69 Å². The van der Waals surface area contributed by atoms with Crippen molar-refractivity contribution in [3.63, 3.8) is 0 Å². The van der Waals surface area contributed by atoms with Crippen LogP contribution in [-0.4, -0.2) is 34.9 Å². The van der Waals surface area contributed by atoms with Gasteiger partial charge in [0.25, 0.3) is 5.91 Å². The zero-order valence-electron chi connectivity index (χ0n) is 11.6. The predicted molar refractivity (Wildman–Crippen MR) is 71.6 cm³/mol. The lowest BCUT2D eigenvalue weighted by molar-refractivity contribution is -0.121. The van der Waals surface area contributed by atoms with E-state index in [0.29, 0.717) is 12.5 Å². The summed E-state index contributed by atoms with van der Waals surface area (Å²) in [5.74, 6) is 0.0366. The number of amides is 2. The highest BCUT2D eigenvalue weighted by Gasteiger charge is 2.08. The van der Waals surface area contributed by atoms with E-state index < -0.39 is 0 Å². The van der Waals surface area contributed by atoms with Crippen LogP contribution in [0.25, 0.3) is 0 Å². The first-order chi connectivity index (χ1) is 8.99. The number of nitrogens with one attached hydrogen (secondary N) is 2. The number of hydrogen-bond acceptors (Lipinski definition) is 4. The monoisotopic (exact) mass is 264 g/mol. The second-order valence-corrected chi connectivity index (χ2v) is 4.75. The highest BCUT2D eigenvalue weighted by molar-refractivity contribution is 5.92. The third-order valence-corrected chi connectivity index (χ3v) is 2.36. The highest BCUT2D eigenvalue weighted by atomic mass is 16.2. The maximum absolute atomic E-state index is 11.7. The van der Waals surface area contributed by atoms with Gasteiger partial charge in [0, 0.05) is 25.7 Å². The molecule has 0 saturated heterocycles. The number of carbonyl (C=O) groups is 2. The first-order valence-electron chi connectivity index (χ1n) is 6.32. The lowest BCUT2D eigenvalue weighted by Gasteiger charge is -2.08. The van der Waals surface area contributed by atoms with E-state index in [2.05, 4.69) is 20.6 Å². The molecule has 0 unspecified atom stereocenters. The van der Waals surface area contributed by atoms with E-state index in [9.17, 15) is 9.59 Å². The third kappa shape index (κ3) is 5.94. The van der Waals surface area contributed by atoms with E-state index in [1.165, 1.54) is 12.4 Å². The van der Waals surface area contributed by atoms with Crippen LogP contribution in [0.1, 0.15) is 36.5 Å². The lowest BCUT2D eigenvalue weighted by atomic mass is 10.2. The minimum Gasteiger partial charge on any atom is -0.356 e. The molecule has 0 radical (unpaired) electrons. The average molecular weight is 264 g/mol. The van der Waals surface area contributed by atoms with Crippen molar-refractivity contribution in [2.45, 2.75) is 27.2 Å². The Morgan fingerprint density at radius 2 is 1.95 bits per heavy atom. The van der Waals surface area contributed by atoms with Crippen molar-refractivity contribution in [2.75, 3.05) is 13.1 Å². The van der Waals surface area contributed by atoms with Gasteiger partial charge in [0.1, 0.15) is 5.69 Å². The van der Waals surface area contributed by atoms with Gasteiger partial charge in [-0.1, -0.05) is 13.8 Å². The maximum atomic E-state index is 11.7. The third-order valence-electron chi connectivity index (χ3n) is 2.36. The number of rotatable bonds is 6. The van der Waals surface area contributed by atoms with Crippen LogP contribution in [-0.2, 0) is 4.79 Å². The summed E-state index contributed by atoms with van der Waals surface area (Å²) in [6.07, 6.45) is 3.21. The van der Waals surface area contributed by atoms with Crippen LogP contribution >= 0.6 is 0 Å². The van der Waals surface area contributed by atoms with E-state index in [1.807, 2.05) is 13.8 Å². The molecule has 19 heavy (non-hydrogen) atoms. The summed E-state index contributed by atoms with van der Waals surface area (Å²) < 4.78 is 0. The molecular formula is C13H20N4O2. The number of carbonyl (C=O) groups excluding carboxylic acids is 2. The van der Waals surface area contributed by atoms with Crippen LogP contribution in [0.3, 0.4) is 0 Å². The molecule has 0 aromatic carbocycles. The van der Waals surface area contributed by atoms with Gasteiger partial charge in [0.15, 0.2) is 0 Å². The van der Waals surface area contributed by atoms with Crippen LogP contribution in [0.15, 0.2) is 12.4 Å². The zero-order valence-corrected chi connectivity index (χ0v) is 11.6. The Kier molecular flexibility index (Phi) is 5.92. The fraction of sp³-hybridized carbons (Fsp3) is 0.538. The first kappa shape index (κ1) is 15.1. The summed E-state index contributed by atoms with van der Waals surface area (Å²) in [7, 11) is 0. The van der Waals surface area contributed by atoms with E-state index in [4.69, 9.17) is 0 Å². The Labute approximate surface area is 113 Å². The van der Waals surface area contributed by atoms with E-state index in [1.54, 1.807) is 6.92 Å². The minimum atomic E-state index is -0.316. The van der Waals surface area contributed by atoms with Gasteiger partial charge in [-0.15, -0.1) is 0 Å². The number of aryl methyl sites for hydroxylation is 1. The largest absolute Gasteiger partial charge is 0.356 e. The van der Waals surface area contributed by atoms with Gasteiger partial charge < -0.3 is 10.6 Å². The van der Waals surface area contributed by atoms with Crippen molar-refractivity contribution in [1.82, 2.24) is 20.6 Å². The number of hydrogen-bond donors (Lipinski definition) is 2. The van der Waals surface area contributed by atoms with Crippen LogP contribution in [0.2, 0.25) is 0 Å². The highest BCUT2D eigenvalue weighted by Crippen LogP contribution is 1.94. The summed E-state index contributed by atoms with van der Waals surface area (Å²) in [5, 5.41) is 5.42. The fourth-order valence-corrected chi connectivity index (χ4v) is 1.30. The molecule has 1 heterocycles. The first-order valence-corrected chi connectivity index (χ1v) is 6.32. The Hall–Kier alpha value is -1.98. The van der Waals surface area contributed by atoms with E-state index >= 15 is 0 Å². The van der Waals surface area contributed by atoms with Gasteiger partial charge in [-0.2, -0.15) is 0 Å². The summed E-state index contributed by atoms with van der Waals surface area (Å²) in [4.78, 5) is 31.0. The molecule has 0 atom stereocenters. The van der Waals surface area contributed by atoms with Crippen molar-refractivity contribution in [2.24, 2.45) is 5.92 Å². The minimum absolute atomic E-state index is 0.0657. The maximum Gasteiger partial charge on any atom is 0.271 e. The molecule has 2 N–H and O–H groups in total. The van der Waals surface area contributed by atoms with Crippen LogP contribution in [0.5, 0.6) is 0 Å². The fourth-order valence-electron chi connectivity index (χ4n) is 1.30. The van der Waals surface area contributed by atoms with Crippen molar-refractivity contribution in [3.8, 4) is 0 Å². The molecule has 0 fully saturated rings. The molecule has 1 rings (SSSR count). The zero-order chi connectivity index (χ0) is 14.3. The molecule has 6 heteroatoms. The molecule has 0 bridgehead atoms. The molecule has 0 aliphatic rings. The van der Waals surface area contributed by atoms with Gasteiger partial charge in [-0.25, -0.2) is 4.98 Å². The molecule has 0 aliphatic heterocycles. The lowest BCUT2D eigenvalue weighted by Crippen LogP contribution is -2.32. The molecular weight excluding hydrogens is 244 g/mol. The smallest absolute Gasteiger partial charge is 0.271 e. The molecule has 6 nitrogen and oxygen atoms in total. The average Bonchev–Trinajstić information content (AvgIpc) is 2.37. The van der Waals surface area contributed by atoms with Crippen molar-refractivity contribution in [1.29, 1.82) is 0 Å². The summed E-state index contributed by atoms with van der Waals surface area (Å²) in [6.45, 7) is 6.79. The summed E-state index contributed by atoms with van der Waals surface area (Å²) in [6, 6.07) is 0. The Morgan fingerprint density at radius 1 is 1.21 bits per heavy atom. The molecule has 2 amide bonds. The van der Waals surface area contributed by atoms with Gasteiger partial charge in [0.05, 0.1) is 11.9 Å². The quantitative estimate of drug-likeness (QED) is 0.791. The Morgan fingerprint density at radius 3 is 2.53 bits per heavy atom. The van der Waals surface area contributed by atoms with Crippen LogP contribution < -0.4 is 10.6 Å². The second-order valence-electron chi connectivity index (χ2n) is 4.75. The Bertz CT molecular complexity index is 429. The molecule has 0 saturated carbocycles. The van der Waals surface area contributed by atoms with Crippen molar-refractivity contribution in [3.05, 3.63) is 23.8 Å². The number of nitrogens with zero attached hydrogens (tertiary/aromatic N) is 2.